The number of hydrogen-bond donors (Lipinski definition) is 1. The molecule has 0 aliphatic rings. The van der Waals surface area contributed by atoms with Crippen LogP contribution < -0.4 is 10.1 Å². The van der Waals surface area contributed by atoms with Gasteiger partial charge in [-0.15, -0.1) is 0 Å². The van der Waals surface area contributed by atoms with E-state index in [1.807, 2.05) is 42.0 Å². The van der Waals surface area contributed by atoms with E-state index in [1.165, 1.54) is 17.3 Å². The highest BCUT2D eigenvalue weighted by molar-refractivity contribution is 7.99. The Morgan fingerprint density at radius 1 is 1.25 bits per heavy atom. The Kier molecular flexibility index (Phi) is 6.76. The van der Waals surface area contributed by atoms with Gasteiger partial charge in [-0.3, -0.25) is 9.36 Å². The van der Waals surface area contributed by atoms with Crippen molar-refractivity contribution in [2.75, 3.05) is 12.9 Å². The molecule has 5 nitrogen and oxygen atoms in total. The van der Waals surface area contributed by atoms with Crippen LogP contribution in [0.25, 0.3) is 5.69 Å². The van der Waals surface area contributed by atoms with Gasteiger partial charge in [-0.1, -0.05) is 49.0 Å². The third-order valence-corrected chi connectivity index (χ3v) is 5.50. The third kappa shape index (κ3) is 4.95. The topological polar surface area (TPSA) is 56.2 Å². The molecular weight excluding hydrogens is 370 g/mol. The lowest BCUT2D eigenvalue weighted by Crippen LogP contribution is -2.28. The van der Waals surface area contributed by atoms with E-state index in [1.54, 1.807) is 13.3 Å². The van der Waals surface area contributed by atoms with Crippen molar-refractivity contribution >= 4 is 17.7 Å². The Labute approximate surface area is 170 Å². The van der Waals surface area contributed by atoms with Gasteiger partial charge in [-0.25, -0.2) is 4.98 Å². The number of nitrogens with zero attached hydrogens (tertiary/aromatic N) is 2. The number of amides is 1. The number of hydrogen-bond acceptors (Lipinski definition) is 4. The molecule has 0 saturated carbocycles. The SMILES string of the molecule is CCc1ccc(C(C)NC(=O)CSc2nccn2-c2cccc(OC)c2)cc1. The van der Waals surface area contributed by atoms with Crippen molar-refractivity contribution < 1.29 is 9.53 Å². The summed E-state index contributed by atoms with van der Waals surface area (Å²) in [5, 5.41) is 3.82. The third-order valence-electron chi connectivity index (χ3n) is 4.54. The fraction of sp³-hybridized carbons (Fsp3) is 0.273. The van der Waals surface area contributed by atoms with Gasteiger partial charge < -0.3 is 10.1 Å². The lowest BCUT2D eigenvalue weighted by molar-refractivity contribution is -0.119. The van der Waals surface area contributed by atoms with E-state index in [0.717, 1.165) is 28.6 Å². The summed E-state index contributed by atoms with van der Waals surface area (Å²) in [6.45, 7) is 4.13. The van der Waals surface area contributed by atoms with Crippen molar-refractivity contribution in [3.05, 3.63) is 72.1 Å². The molecule has 146 valence electrons. The summed E-state index contributed by atoms with van der Waals surface area (Å²) in [6.07, 6.45) is 4.63. The lowest BCUT2D eigenvalue weighted by Gasteiger charge is -2.15. The lowest BCUT2D eigenvalue weighted by atomic mass is 10.1. The van der Waals surface area contributed by atoms with Crippen molar-refractivity contribution in [3.8, 4) is 11.4 Å². The van der Waals surface area contributed by atoms with Gasteiger partial charge in [-0.05, 0) is 36.6 Å². The number of aromatic nitrogens is 2. The predicted molar refractivity (Wildman–Crippen MR) is 113 cm³/mol. The number of nitrogens with one attached hydrogen (secondary N) is 1. The molecule has 0 fully saturated rings. The summed E-state index contributed by atoms with van der Waals surface area (Å²) in [5.74, 6) is 1.07. The first-order chi connectivity index (χ1) is 13.6. The maximum atomic E-state index is 12.4. The second kappa shape index (κ2) is 9.46. The van der Waals surface area contributed by atoms with Crippen LogP contribution in [-0.2, 0) is 11.2 Å². The molecule has 1 aromatic heterocycles. The Balaban J connectivity index is 1.59. The van der Waals surface area contributed by atoms with E-state index in [9.17, 15) is 4.79 Å². The smallest absolute Gasteiger partial charge is 0.230 e. The van der Waals surface area contributed by atoms with E-state index < -0.39 is 0 Å². The van der Waals surface area contributed by atoms with Crippen molar-refractivity contribution in [3.63, 3.8) is 0 Å². The van der Waals surface area contributed by atoms with Gasteiger partial charge in [0.25, 0.3) is 0 Å². The minimum absolute atomic E-state index is 0.0164. The molecule has 0 radical (unpaired) electrons. The molecule has 3 aromatic rings. The molecule has 0 saturated heterocycles. The summed E-state index contributed by atoms with van der Waals surface area (Å²) in [4.78, 5) is 16.8. The summed E-state index contributed by atoms with van der Waals surface area (Å²) in [5.41, 5.74) is 3.35. The number of thioether (sulfide) groups is 1. The normalized spacial score (nSPS) is 11.8. The second-order valence-electron chi connectivity index (χ2n) is 6.45. The molecule has 2 aromatic carbocycles. The monoisotopic (exact) mass is 395 g/mol. The van der Waals surface area contributed by atoms with E-state index >= 15 is 0 Å². The highest BCUT2D eigenvalue weighted by atomic mass is 32.2. The summed E-state index contributed by atoms with van der Waals surface area (Å²) < 4.78 is 7.24. The van der Waals surface area contributed by atoms with Crippen LogP contribution in [0.1, 0.15) is 31.0 Å². The zero-order valence-corrected chi connectivity index (χ0v) is 17.2. The van der Waals surface area contributed by atoms with Gasteiger partial charge >= 0.3 is 0 Å². The maximum Gasteiger partial charge on any atom is 0.230 e. The van der Waals surface area contributed by atoms with Crippen molar-refractivity contribution in [2.24, 2.45) is 0 Å². The summed E-state index contributed by atoms with van der Waals surface area (Å²) >= 11 is 1.41. The van der Waals surface area contributed by atoms with Gasteiger partial charge in [0.15, 0.2) is 5.16 Å². The first-order valence-electron chi connectivity index (χ1n) is 9.29. The first-order valence-corrected chi connectivity index (χ1v) is 10.3. The quantitative estimate of drug-likeness (QED) is 0.574. The summed E-state index contributed by atoms with van der Waals surface area (Å²) in [7, 11) is 1.64. The van der Waals surface area contributed by atoms with E-state index in [4.69, 9.17) is 4.74 Å². The highest BCUT2D eigenvalue weighted by Gasteiger charge is 2.13. The van der Waals surface area contributed by atoms with Gasteiger partial charge in [0.2, 0.25) is 5.91 Å². The molecule has 0 aliphatic carbocycles. The average Bonchev–Trinajstić information content (AvgIpc) is 3.21. The van der Waals surface area contributed by atoms with Gasteiger partial charge in [0.05, 0.1) is 24.6 Å². The molecule has 0 spiro atoms. The average molecular weight is 396 g/mol. The van der Waals surface area contributed by atoms with E-state index in [2.05, 4.69) is 41.5 Å². The maximum absolute atomic E-state index is 12.4. The van der Waals surface area contributed by atoms with E-state index in [0.29, 0.717) is 5.75 Å². The fourth-order valence-electron chi connectivity index (χ4n) is 2.89. The highest BCUT2D eigenvalue weighted by Crippen LogP contribution is 2.23. The van der Waals surface area contributed by atoms with Crippen LogP contribution >= 0.6 is 11.8 Å². The zero-order chi connectivity index (χ0) is 19.9. The van der Waals surface area contributed by atoms with Crippen LogP contribution in [-0.4, -0.2) is 28.3 Å². The molecule has 1 unspecified atom stereocenters. The zero-order valence-electron chi connectivity index (χ0n) is 16.4. The van der Waals surface area contributed by atoms with Crippen LogP contribution in [0.15, 0.2) is 66.1 Å². The molecule has 6 heteroatoms. The number of benzene rings is 2. The molecule has 1 heterocycles. The van der Waals surface area contributed by atoms with Gasteiger partial charge in [-0.2, -0.15) is 0 Å². The van der Waals surface area contributed by atoms with Crippen molar-refractivity contribution in [2.45, 2.75) is 31.5 Å². The molecule has 28 heavy (non-hydrogen) atoms. The number of carbonyl (C=O) groups excluding carboxylic acids is 1. The van der Waals surface area contributed by atoms with Crippen LogP contribution in [0.4, 0.5) is 0 Å². The molecule has 1 amide bonds. The Morgan fingerprint density at radius 3 is 2.75 bits per heavy atom. The largest absolute Gasteiger partial charge is 0.497 e. The molecular formula is C22H25N3O2S. The van der Waals surface area contributed by atoms with Gasteiger partial charge in [0.1, 0.15) is 5.75 Å². The molecule has 3 rings (SSSR count). The van der Waals surface area contributed by atoms with Crippen LogP contribution in [0.2, 0.25) is 0 Å². The number of carbonyl (C=O) groups is 1. The minimum atomic E-state index is -0.0304. The first kappa shape index (κ1) is 20.0. The molecule has 1 N–H and O–H groups in total. The molecule has 0 aliphatic heterocycles. The van der Waals surface area contributed by atoms with Crippen LogP contribution in [0, 0.1) is 0 Å². The molecule has 0 bridgehead atoms. The standard InChI is InChI=1S/C22H25N3O2S/c1-4-17-8-10-18(11-9-17)16(2)24-21(26)15-28-22-23-12-13-25(22)19-6-5-7-20(14-19)27-3/h5-14,16H,4,15H2,1-3H3,(H,24,26). The second-order valence-corrected chi connectivity index (χ2v) is 7.40. The predicted octanol–water partition coefficient (Wildman–Crippen LogP) is 4.41. The van der Waals surface area contributed by atoms with Crippen molar-refractivity contribution in [1.82, 2.24) is 14.9 Å². The Bertz CT molecular complexity index is 922. The van der Waals surface area contributed by atoms with Crippen molar-refractivity contribution in [1.29, 1.82) is 0 Å². The van der Waals surface area contributed by atoms with E-state index in [-0.39, 0.29) is 11.9 Å². The number of ether oxygens (including phenoxy) is 1. The molecule has 1 atom stereocenters. The summed E-state index contributed by atoms with van der Waals surface area (Å²) in [6, 6.07) is 16.1. The fourth-order valence-corrected chi connectivity index (χ4v) is 3.68. The number of aryl methyl sites for hydroxylation is 1. The number of rotatable bonds is 8. The van der Waals surface area contributed by atoms with Crippen LogP contribution in [0.3, 0.4) is 0 Å². The number of methoxy groups -OCH3 is 1. The Hall–Kier alpha value is -2.73. The van der Waals surface area contributed by atoms with Crippen LogP contribution in [0.5, 0.6) is 5.75 Å². The number of imidazole rings is 1. The Morgan fingerprint density at radius 2 is 2.04 bits per heavy atom. The van der Waals surface area contributed by atoms with Gasteiger partial charge in [0, 0.05) is 18.5 Å². The minimum Gasteiger partial charge on any atom is -0.497 e.